The highest BCUT2D eigenvalue weighted by molar-refractivity contribution is 6.05. The molecule has 0 fully saturated rings. The average molecular weight is 271 g/mol. The van der Waals surface area contributed by atoms with Crippen molar-refractivity contribution in [2.24, 2.45) is 0 Å². The molecule has 1 amide bonds. The number of aromatic nitrogens is 1. The molecule has 20 heavy (non-hydrogen) atoms. The molecule has 1 aromatic heterocycles. The van der Waals surface area contributed by atoms with Crippen LogP contribution in [0.25, 0.3) is 0 Å². The maximum Gasteiger partial charge on any atom is 0.256 e. The van der Waals surface area contributed by atoms with Gasteiger partial charge in [0.15, 0.2) is 0 Å². The number of nitrogens with zero attached hydrogens (tertiary/aromatic N) is 1. The maximum absolute atomic E-state index is 12.2. The Morgan fingerprint density at radius 2 is 2.00 bits per heavy atom. The van der Waals surface area contributed by atoms with Crippen LogP contribution in [-0.4, -0.2) is 18.0 Å². The Hall–Kier alpha value is -2.56. The van der Waals surface area contributed by atoms with Crippen LogP contribution in [0.5, 0.6) is 5.88 Å². The second-order valence-electron chi connectivity index (χ2n) is 4.57. The third-order valence-corrected chi connectivity index (χ3v) is 3.06. The molecule has 0 saturated carbocycles. The minimum atomic E-state index is -0.207. The number of carbonyl (C=O) groups is 1. The van der Waals surface area contributed by atoms with E-state index in [1.165, 1.54) is 0 Å². The van der Waals surface area contributed by atoms with Crippen LogP contribution < -0.4 is 15.8 Å². The van der Waals surface area contributed by atoms with Gasteiger partial charge in [-0.1, -0.05) is 6.07 Å². The lowest BCUT2D eigenvalue weighted by Crippen LogP contribution is -2.14. The smallest absolute Gasteiger partial charge is 0.256 e. The highest BCUT2D eigenvalue weighted by Gasteiger charge is 2.11. The monoisotopic (exact) mass is 271 g/mol. The van der Waals surface area contributed by atoms with Gasteiger partial charge in [0.1, 0.15) is 0 Å². The van der Waals surface area contributed by atoms with E-state index in [0.29, 0.717) is 22.8 Å². The van der Waals surface area contributed by atoms with E-state index < -0.39 is 0 Å². The molecule has 1 aromatic carbocycles. The zero-order chi connectivity index (χ0) is 14.7. The standard InChI is InChI=1S/C15H17N3O2/c1-9-6-10(2)13(16)7-12(9)15(19)18-11-4-5-14(20-3)17-8-11/h4-8H,16H2,1-3H3,(H,18,19). The molecule has 2 aromatic rings. The minimum absolute atomic E-state index is 0.207. The van der Waals surface area contributed by atoms with E-state index in [-0.39, 0.29) is 5.91 Å². The third kappa shape index (κ3) is 2.88. The van der Waals surface area contributed by atoms with Gasteiger partial charge in [0, 0.05) is 17.3 Å². The molecule has 2 rings (SSSR count). The van der Waals surface area contributed by atoms with Crippen molar-refractivity contribution in [1.29, 1.82) is 0 Å². The third-order valence-electron chi connectivity index (χ3n) is 3.06. The van der Waals surface area contributed by atoms with Gasteiger partial charge in [-0.15, -0.1) is 0 Å². The lowest BCUT2D eigenvalue weighted by atomic mass is 10.0. The molecule has 0 unspecified atom stereocenters. The van der Waals surface area contributed by atoms with Crippen LogP contribution in [0.4, 0.5) is 11.4 Å². The molecule has 0 aliphatic heterocycles. The van der Waals surface area contributed by atoms with Crippen LogP contribution in [0.1, 0.15) is 21.5 Å². The van der Waals surface area contributed by atoms with Gasteiger partial charge in [-0.2, -0.15) is 0 Å². The van der Waals surface area contributed by atoms with Gasteiger partial charge in [-0.25, -0.2) is 4.98 Å². The summed E-state index contributed by atoms with van der Waals surface area (Å²) in [6, 6.07) is 7.01. The Morgan fingerprint density at radius 3 is 2.60 bits per heavy atom. The van der Waals surface area contributed by atoms with Crippen molar-refractivity contribution < 1.29 is 9.53 Å². The number of amides is 1. The molecule has 0 spiro atoms. The summed E-state index contributed by atoms with van der Waals surface area (Å²) in [5, 5.41) is 2.78. The Kier molecular flexibility index (Phi) is 3.89. The van der Waals surface area contributed by atoms with Crippen molar-refractivity contribution in [3.63, 3.8) is 0 Å². The van der Waals surface area contributed by atoms with E-state index in [1.807, 2.05) is 19.9 Å². The molecule has 3 N–H and O–H groups in total. The number of hydrogen-bond acceptors (Lipinski definition) is 4. The fraction of sp³-hybridized carbons (Fsp3) is 0.200. The number of benzene rings is 1. The number of hydrogen-bond donors (Lipinski definition) is 2. The Balaban J connectivity index is 2.21. The van der Waals surface area contributed by atoms with Gasteiger partial charge in [0.05, 0.1) is 19.0 Å². The van der Waals surface area contributed by atoms with E-state index in [0.717, 1.165) is 11.1 Å². The fourth-order valence-corrected chi connectivity index (χ4v) is 1.89. The number of aryl methyl sites for hydroxylation is 2. The first-order chi connectivity index (χ1) is 9.51. The first kappa shape index (κ1) is 13.9. The summed E-state index contributed by atoms with van der Waals surface area (Å²) >= 11 is 0. The lowest BCUT2D eigenvalue weighted by Gasteiger charge is -2.10. The van der Waals surface area contributed by atoms with Crippen LogP contribution in [0.15, 0.2) is 30.5 Å². The summed E-state index contributed by atoms with van der Waals surface area (Å²) in [7, 11) is 1.54. The van der Waals surface area contributed by atoms with Crippen molar-refractivity contribution in [1.82, 2.24) is 4.98 Å². The normalized spacial score (nSPS) is 10.2. The average Bonchev–Trinajstić information content (AvgIpc) is 2.43. The number of methoxy groups -OCH3 is 1. The zero-order valence-electron chi connectivity index (χ0n) is 11.7. The number of carbonyl (C=O) groups excluding carboxylic acids is 1. The van der Waals surface area contributed by atoms with Crippen molar-refractivity contribution in [2.45, 2.75) is 13.8 Å². The Labute approximate surface area is 117 Å². The van der Waals surface area contributed by atoms with Gasteiger partial charge in [-0.05, 0) is 37.1 Å². The number of nitrogens with one attached hydrogen (secondary N) is 1. The van der Waals surface area contributed by atoms with Crippen molar-refractivity contribution in [3.05, 3.63) is 47.2 Å². The lowest BCUT2D eigenvalue weighted by molar-refractivity contribution is 0.102. The molecule has 0 saturated heterocycles. The van der Waals surface area contributed by atoms with Crippen LogP contribution >= 0.6 is 0 Å². The quantitative estimate of drug-likeness (QED) is 0.841. The Bertz CT molecular complexity index is 636. The van der Waals surface area contributed by atoms with Gasteiger partial charge >= 0.3 is 0 Å². The second-order valence-corrected chi connectivity index (χ2v) is 4.57. The predicted molar refractivity (Wildman–Crippen MR) is 79.1 cm³/mol. The summed E-state index contributed by atoms with van der Waals surface area (Å²) in [4.78, 5) is 16.3. The molecule has 5 nitrogen and oxygen atoms in total. The molecule has 0 radical (unpaired) electrons. The van der Waals surface area contributed by atoms with Gasteiger partial charge in [0.2, 0.25) is 5.88 Å². The summed E-state index contributed by atoms with van der Waals surface area (Å²) in [5.74, 6) is 0.292. The van der Waals surface area contributed by atoms with Crippen molar-refractivity contribution in [2.75, 3.05) is 18.2 Å². The highest BCUT2D eigenvalue weighted by atomic mass is 16.5. The number of anilines is 2. The number of nitrogen functional groups attached to an aromatic ring is 1. The molecule has 1 heterocycles. The summed E-state index contributed by atoms with van der Waals surface area (Å²) < 4.78 is 4.97. The van der Waals surface area contributed by atoms with Gasteiger partial charge in [0.25, 0.3) is 5.91 Å². The Morgan fingerprint density at radius 1 is 1.25 bits per heavy atom. The van der Waals surface area contributed by atoms with Crippen LogP contribution in [0.3, 0.4) is 0 Å². The number of rotatable bonds is 3. The van der Waals surface area contributed by atoms with Crippen LogP contribution in [0.2, 0.25) is 0 Å². The molecule has 104 valence electrons. The number of pyridine rings is 1. The molecule has 0 aliphatic rings. The molecule has 0 atom stereocenters. The molecular weight excluding hydrogens is 254 g/mol. The van der Waals surface area contributed by atoms with E-state index in [4.69, 9.17) is 10.5 Å². The maximum atomic E-state index is 12.2. The van der Waals surface area contributed by atoms with E-state index in [1.54, 1.807) is 31.5 Å². The highest BCUT2D eigenvalue weighted by Crippen LogP contribution is 2.19. The SMILES string of the molecule is COc1ccc(NC(=O)c2cc(N)c(C)cc2C)cn1. The molecule has 0 aliphatic carbocycles. The second kappa shape index (κ2) is 5.61. The van der Waals surface area contributed by atoms with Crippen LogP contribution in [-0.2, 0) is 0 Å². The summed E-state index contributed by atoms with van der Waals surface area (Å²) in [5.41, 5.74) is 9.47. The van der Waals surface area contributed by atoms with Gasteiger partial charge in [-0.3, -0.25) is 4.79 Å². The summed E-state index contributed by atoms with van der Waals surface area (Å²) in [6.07, 6.45) is 1.55. The molecule has 0 bridgehead atoms. The van der Waals surface area contributed by atoms with Crippen molar-refractivity contribution >= 4 is 17.3 Å². The largest absolute Gasteiger partial charge is 0.481 e. The van der Waals surface area contributed by atoms with Crippen molar-refractivity contribution in [3.8, 4) is 5.88 Å². The first-order valence-electron chi connectivity index (χ1n) is 6.19. The van der Waals surface area contributed by atoms with Crippen LogP contribution in [0, 0.1) is 13.8 Å². The van der Waals surface area contributed by atoms with E-state index in [9.17, 15) is 4.79 Å². The number of ether oxygens (including phenoxy) is 1. The minimum Gasteiger partial charge on any atom is -0.481 e. The fourth-order valence-electron chi connectivity index (χ4n) is 1.89. The van der Waals surface area contributed by atoms with Gasteiger partial charge < -0.3 is 15.8 Å². The number of nitrogens with two attached hydrogens (primary N) is 1. The predicted octanol–water partition coefficient (Wildman–Crippen LogP) is 2.54. The molecular formula is C15H17N3O2. The van der Waals surface area contributed by atoms with E-state index >= 15 is 0 Å². The molecule has 5 heteroatoms. The zero-order valence-corrected chi connectivity index (χ0v) is 11.7. The topological polar surface area (TPSA) is 77.2 Å². The first-order valence-corrected chi connectivity index (χ1v) is 6.19. The summed E-state index contributed by atoms with van der Waals surface area (Å²) in [6.45, 7) is 3.80. The van der Waals surface area contributed by atoms with E-state index in [2.05, 4.69) is 10.3 Å².